The van der Waals surface area contributed by atoms with E-state index in [1.54, 1.807) is 18.2 Å². The second-order valence-corrected chi connectivity index (χ2v) is 11.4. The highest BCUT2D eigenvalue weighted by Crippen LogP contribution is 2.46. The van der Waals surface area contributed by atoms with Crippen LogP contribution in [0.5, 0.6) is 5.75 Å². The van der Waals surface area contributed by atoms with Gasteiger partial charge >= 0.3 is 5.97 Å². The fourth-order valence-electron chi connectivity index (χ4n) is 5.40. The average molecular weight is 583 g/mol. The van der Waals surface area contributed by atoms with Crippen LogP contribution in [0, 0.1) is 0 Å². The molecule has 1 heterocycles. The molecule has 200 valence electrons. The number of aryl methyl sites for hydroxylation is 1. The fraction of sp³-hybridized carbons (Fsp3) is 0.290. The van der Waals surface area contributed by atoms with Crippen LogP contribution in [0.2, 0.25) is 15.1 Å². The number of esters is 1. The van der Waals surface area contributed by atoms with E-state index < -0.39 is 0 Å². The second-order valence-electron chi connectivity index (χ2n) is 10.1. The van der Waals surface area contributed by atoms with Gasteiger partial charge < -0.3 is 14.0 Å². The average Bonchev–Trinajstić information content (AvgIpc) is 3.71. The summed E-state index contributed by atoms with van der Waals surface area (Å²) in [7, 11) is 1.40. The zero-order valence-electron chi connectivity index (χ0n) is 21.3. The standard InChI is InChI=1S/C31H26Cl3NO4/c1-37-31(36)21-10-8-18-13-20(9-7-19(18)14-21)23-12-11-22(15-27(23)34)38-16-24-29(35-39-30(24)17-5-6-17)28-25(32)3-2-4-26(28)33/h2-4,8,10-12,14-15,17,20H,5-7,9,13,16H2,1H3. The Morgan fingerprint density at radius 3 is 2.46 bits per heavy atom. The molecule has 5 nitrogen and oxygen atoms in total. The van der Waals surface area contributed by atoms with Crippen molar-refractivity contribution in [3.05, 3.63) is 103 Å². The summed E-state index contributed by atoms with van der Waals surface area (Å²) in [5.41, 5.74) is 6.25. The predicted octanol–water partition coefficient (Wildman–Crippen LogP) is 8.82. The lowest BCUT2D eigenvalue weighted by molar-refractivity contribution is 0.0600. The summed E-state index contributed by atoms with van der Waals surface area (Å²) in [6.45, 7) is 0.265. The van der Waals surface area contributed by atoms with E-state index in [-0.39, 0.29) is 18.5 Å². The van der Waals surface area contributed by atoms with Crippen LogP contribution >= 0.6 is 34.8 Å². The number of carbonyl (C=O) groups excluding carboxylic acids is 1. The molecule has 0 amide bonds. The van der Waals surface area contributed by atoms with Crippen LogP contribution in [0.3, 0.4) is 0 Å². The molecule has 1 fully saturated rings. The molecule has 1 aromatic heterocycles. The van der Waals surface area contributed by atoms with E-state index in [0.29, 0.717) is 43.6 Å². The Morgan fingerprint density at radius 1 is 0.949 bits per heavy atom. The summed E-state index contributed by atoms with van der Waals surface area (Å²) in [5.74, 6) is 1.82. The van der Waals surface area contributed by atoms with Crippen molar-refractivity contribution in [1.29, 1.82) is 0 Å². The van der Waals surface area contributed by atoms with E-state index in [9.17, 15) is 4.79 Å². The molecule has 1 unspecified atom stereocenters. The Labute approximate surface area is 242 Å². The molecule has 4 aromatic rings. The number of halogens is 3. The monoisotopic (exact) mass is 581 g/mol. The number of methoxy groups -OCH3 is 1. The zero-order chi connectivity index (χ0) is 27.1. The molecule has 0 saturated heterocycles. The second kappa shape index (κ2) is 10.9. The van der Waals surface area contributed by atoms with Gasteiger partial charge in [-0.05, 0) is 91.1 Å². The lowest BCUT2D eigenvalue weighted by Crippen LogP contribution is -2.14. The van der Waals surface area contributed by atoms with Crippen LogP contribution in [0.25, 0.3) is 11.3 Å². The summed E-state index contributed by atoms with van der Waals surface area (Å²) in [5, 5.41) is 6.04. The number of nitrogens with zero attached hydrogens (tertiary/aromatic N) is 1. The van der Waals surface area contributed by atoms with Gasteiger partial charge in [0.05, 0.1) is 28.3 Å². The highest BCUT2D eigenvalue weighted by atomic mass is 35.5. The number of fused-ring (bicyclic) bond motifs is 1. The van der Waals surface area contributed by atoms with Gasteiger partial charge in [-0.2, -0.15) is 0 Å². The highest BCUT2D eigenvalue weighted by molar-refractivity contribution is 6.39. The topological polar surface area (TPSA) is 61.6 Å². The van der Waals surface area contributed by atoms with Crippen molar-refractivity contribution in [1.82, 2.24) is 5.16 Å². The molecule has 1 atom stereocenters. The lowest BCUT2D eigenvalue weighted by atomic mass is 9.79. The maximum absolute atomic E-state index is 11.9. The molecule has 8 heteroatoms. The summed E-state index contributed by atoms with van der Waals surface area (Å²) in [6.07, 6.45) is 4.82. The Kier molecular flexibility index (Phi) is 7.32. The Bertz CT molecular complexity index is 1540. The fourth-order valence-corrected chi connectivity index (χ4v) is 6.30. The van der Waals surface area contributed by atoms with Gasteiger partial charge in [0.1, 0.15) is 23.8 Å². The number of benzene rings is 3. The quantitative estimate of drug-likeness (QED) is 0.204. The molecule has 1 saturated carbocycles. The van der Waals surface area contributed by atoms with Crippen LogP contribution in [0.1, 0.15) is 69.5 Å². The van der Waals surface area contributed by atoms with Gasteiger partial charge in [-0.3, -0.25) is 0 Å². The molecule has 2 aliphatic rings. The molecular weight excluding hydrogens is 557 g/mol. The van der Waals surface area contributed by atoms with Gasteiger partial charge in [-0.1, -0.05) is 58.2 Å². The lowest BCUT2D eigenvalue weighted by Gasteiger charge is -2.26. The molecule has 0 bridgehead atoms. The summed E-state index contributed by atoms with van der Waals surface area (Å²) in [4.78, 5) is 11.9. The SMILES string of the molecule is COC(=O)c1ccc2c(c1)CCC(c1ccc(OCc3c(-c4c(Cl)cccc4Cl)noc3C3CC3)cc1Cl)C2. The number of aromatic nitrogens is 1. The third kappa shape index (κ3) is 5.28. The number of rotatable bonds is 7. The van der Waals surface area contributed by atoms with Crippen LogP contribution in [-0.2, 0) is 24.2 Å². The molecule has 0 spiro atoms. The van der Waals surface area contributed by atoms with Crippen molar-refractivity contribution in [3.8, 4) is 17.0 Å². The van der Waals surface area contributed by atoms with Crippen LogP contribution in [-0.4, -0.2) is 18.2 Å². The Hall–Kier alpha value is -2.99. The Balaban J connectivity index is 1.20. The maximum Gasteiger partial charge on any atom is 0.337 e. The Morgan fingerprint density at radius 2 is 1.74 bits per heavy atom. The smallest absolute Gasteiger partial charge is 0.337 e. The highest BCUT2D eigenvalue weighted by Gasteiger charge is 2.34. The summed E-state index contributed by atoms with van der Waals surface area (Å²) in [6, 6.07) is 17.1. The molecule has 3 aromatic carbocycles. The molecule has 6 rings (SSSR count). The first-order chi connectivity index (χ1) is 18.9. The summed E-state index contributed by atoms with van der Waals surface area (Å²) < 4.78 is 16.8. The van der Waals surface area contributed by atoms with Crippen molar-refractivity contribution in [2.45, 2.75) is 50.5 Å². The van der Waals surface area contributed by atoms with Crippen LogP contribution < -0.4 is 4.74 Å². The van der Waals surface area contributed by atoms with E-state index in [2.05, 4.69) is 11.2 Å². The summed E-state index contributed by atoms with van der Waals surface area (Å²) >= 11 is 19.8. The van der Waals surface area contributed by atoms with Gasteiger partial charge in [0, 0.05) is 16.5 Å². The minimum absolute atomic E-state index is 0.265. The van der Waals surface area contributed by atoms with Gasteiger partial charge in [0.15, 0.2) is 0 Å². The molecule has 0 radical (unpaired) electrons. The number of ether oxygens (including phenoxy) is 2. The van der Waals surface area contributed by atoms with E-state index >= 15 is 0 Å². The number of hydrogen-bond donors (Lipinski definition) is 0. The third-order valence-corrected chi connectivity index (χ3v) is 8.57. The van der Waals surface area contributed by atoms with Gasteiger partial charge in [0.2, 0.25) is 0 Å². The van der Waals surface area contributed by atoms with Gasteiger partial charge in [0.25, 0.3) is 0 Å². The first kappa shape index (κ1) is 26.2. The molecule has 39 heavy (non-hydrogen) atoms. The van der Waals surface area contributed by atoms with E-state index in [4.69, 9.17) is 48.8 Å². The first-order valence-electron chi connectivity index (χ1n) is 13.0. The van der Waals surface area contributed by atoms with Crippen molar-refractivity contribution in [2.75, 3.05) is 7.11 Å². The third-order valence-electron chi connectivity index (χ3n) is 7.62. The molecule has 2 aliphatic carbocycles. The number of hydrogen-bond acceptors (Lipinski definition) is 5. The van der Waals surface area contributed by atoms with Crippen molar-refractivity contribution in [2.24, 2.45) is 0 Å². The van der Waals surface area contributed by atoms with E-state index in [1.807, 2.05) is 30.3 Å². The number of carbonyl (C=O) groups is 1. The zero-order valence-corrected chi connectivity index (χ0v) is 23.6. The predicted molar refractivity (Wildman–Crippen MR) is 152 cm³/mol. The van der Waals surface area contributed by atoms with Crippen molar-refractivity contribution in [3.63, 3.8) is 0 Å². The van der Waals surface area contributed by atoms with E-state index in [0.717, 1.165) is 49.0 Å². The maximum atomic E-state index is 11.9. The minimum atomic E-state index is -0.309. The molecule has 0 aliphatic heterocycles. The largest absolute Gasteiger partial charge is 0.489 e. The minimum Gasteiger partial charge on any atom is -0.489 e. The molecular formula is C31H26Cl3NO4. The van der Waals surface area contributed by atoms with Crippen LogP contribution in [0.4, 0.5) is 0 Å². The van der Waals surface area contributed by atoms with E-state index in [1.165, 1.54) is 18.2 Å². The van der Waals surface area contributed by atoms with Gasteiger partial charge in [-0.15, -0.1) is 0 Å². The van der Waals surface area contributed by atoms with Crippen molar-refractivity contribution < 1.29 is 18.8 Å². The molecule has 0 N–H and O–H groups in total. The van der Waals surface area contributed by atoms with Gasteiger partial charge in [-0.25, -0.2) is 4.79 Å². The first-order valence-corrected chi connectivity index (χ1v) is 14.1. The normalized spacial score (nSPS) is 16.6. The van der Waals surface area contributed by atoms with Crippen LogP contribution in [0.15, 0.2) is 59.1 Å². The van der Waals surface area contributed by atoms with Crippen molar-refractivity contribution >= 4 is 40.8 Å².